The first-order valence-corrected chi connectivity index (χ1v) is 14.0. The van der Waals surface area contributed by atoms with E-state index in [2.05, 4.69) is 30.6 Å². The Morgan fingerprint density at radius 2 is 1.18 bits per heavy atom. The van der Waals surface area contributed by atoms with Crippen LogP contribution in [0.1, 0.15) is 34.6 Å². The van der Waals surface area contributed by atoms with Gasteiger partial charge < -0.3 is 20.1 Å². The highest BCUT2D eigenvalue weighted by Gasteiger charge is 2.19. The third-order valence-corrected chi connectivity index (χ3v) is 8.00. The molecule has 2 heterocycles. The number of hydrogen-bond donors (Lipinski definition) is 2. The lowest BCUT2D eigenvalue weighted by molar-refractivity contribution is 0.0899. The van der Waals surface area contributed by atoms with Gasteiger partial charge in [-0.1, -0.05) is 21.6 Å². The maximum Gasteiger partial charge on any atom is 0.252 e. The Morgan fingerprint density at radius 1 is 0.763 bits per heavy atom. The van der Waals surface area contributed by atoms with Crippen molar-refractivity contribution in [3.05, 3.63) is 60.4 Å². The molecule has 4 aromatic rings. The summed E-state index contributed by atoms with van der Waals surface area (Å²) in [6.45, 7) is 4.58. The van der Waals surface area contributed by atoms with Crippen molar-refractivity contribution in [3.63, 3.8) is 0 Å². The van der Waals surface area contributed by atoms with Crippen molar-refractivity contribution in [1.29, 1.82) is 0 Å². The van der Waals surface area contributed by atoms with E-state index in [0.29, 0.717) is 46.1 Å². The Bertz CT molecular complexity index is 1340. The summed E-state index contributed by atoms with van der Waals surface area (Å²) in [5.74, 6) is -0.426. The normalized spacial score (nSPS) is 12.8. The van der Waals surface area contributed by atoms with Crippen LogP contribution in [0, 0.1) is 0 Å². The van der Waals surface area contributed by atoms with Gasteiger partial charge in [0, 0.05) is 59.3 Å². The fraction of sp³-hybridized carbons (Fsp3) is 0.308. The molecule has 198 valence electrons. The summed E-state index contributed by atoms with van der Waals surface area (Å²) in [7, 11) is 6.17. The number of benzene rings is 2. The minimum atomic E-state index is -0.213. The van der Waals surface area contributed by atoms with Gasteiger partial charge in [-0.2, -0.15) is 0 Å². The quantitative estimate of drug-likeness (QED) is 0.264. The first-order chi connectivity index (χ1) is 18.4. The van der Waals surface area contributed by atoms with Gasteiger partial charge in [-0.3, -0.25) is 9.59 Å². The molecule has 38 heavy (non-hydrogen) atoms. The van der Waals surface area contributed by atoms with Crippen LogP contribution >= 0.6 is 21.6 Å². The molecule has 2 amide bonds. The minimum absolute atomic E-state index is 0.139. The summed E-state index contributed by atoms with van der Waals surface area (Å²) in [6.07, 6.45) is 6.22. The second-order valence-corrected chi connectivity index (χ2v) is 10.8. The van der Waals surface area contributed by atoms with Crippen LogP contribution in [0.3, 0.4) is 0 Å². The number of amides is 2. The van der Waals surface area contributed by atoms with Gasteiger partial charge in [0.15, 0.2) is 0 Å². The van der Waals surface area contributed by atoms with Crippen LogP contribution in [-0.4, -0.2) is 71.3 Å². The fourth-order valence-corrected chi connectivity index (χ4v) is 6.16. The number of nitrogens with zero attached hydrogens (tertiary/aromatic N) is 4. The lowest BCUT2D eigenvalue weighted by Gasteiger charge is -2.15. The van der Waals surface area contributed by atoms with Gasteiger partial charge in [-0.25, -0.2) is 19.9 Å². The van der Waals surface area contributed by atoms with E-state index in [-0.39, 0.29) is 23.9 Å². The molecule has 0 radical (unpaired) electrons. The molecule has 0 saturated heterocycles. The first-order valence-electron chi connectivity index (χ1n) is 11.8. The van der Waals surface area contributed by atoms with Gasteiger partial charge in [0.25, 0.3) is 11.8 Å². The van der Waals surface area contributed by atoms with Gasteiger partial charge in [0.1, 0.15) is 12.7 Å². The SMILES string of the molecule is COCC(C)NC(=O)c1ccc(SSc2ccc(C(=O)NC(C)COC)c3cncnc23)c2ncncc12. The van der Waals surface area contributed by atoms with Crippen LogP contribution < -0.4 is 10.6 Å². The highest BCUT2D eigenvalue weighted by Crippen LogP contribution is 2.43. The van der Waals surface area contributed by atoms with E-state index in [9.17, 15) is 9.59 Å². The third-order valence-electron chi connectivity index (χ3n) is 5.57. The average molecular weight is 553 g/mol. The van der Waals surface area contributed by atoms with Crippen LogP contribution in [0.4, 0.5) is 0 Å². The molecule has 2 N–H and O–H groups in total. The number of carbonyl (C=O) groups is 2. The van der Waals surface area contributed by atoms with Gasteiger partial charge in [0.05, 0.1) is 35.4 Å². The lowest BCUT2D eigenvalue weighted by atomic mass is 10.1. The summed E-state index contributed by atoms with van der Waals surface area (Å²) in [5.41, 5.74) is 2.33. The number of rotatable bonds is 11. The van der Waals surface area contributed by atoms with Gasteiger partial charge in [-0.05, 0) is 38.1 Å². The molecule has 0 aliphatic carbocycles. The highest BCUT2D eigenvalue weighted by molar-refractivity contribution is 8.76. The molecule has 2 atom stereocenters. The van der Waals surface area contributed by atoms with E-state index in [4.69, 9.17) is 9.47 Å². The highest BCUT2D eigenvalue weighted by atomic mass is 33.1. The van der Waals surface area contributed by atoms with Crippen molar-refractivity contribution >= 4 is 55.2 Å². The fourth-order valence-electron chi connectivity index (χ4n) is 3.91. The Morgan fingerprint density at radius 3 is 1.58 bits per heavy atom. The van der Waals surface area contributed by atoms with E-state index < -0.39 is 0 Å². The zero-order valence-electron chi connectivity index (χ0n) is 21.4. The predicted molar refractivity (Wildman–Crippen MR) is 148 cm³/mol. The Labute approximate surface area is 228 Å². The summed E-state index contributed by atoms with van der Waals surface area (Å²) in [5, 5.41) is 7.18. The third kappa shape index (κ3) is 6.38. The average Bonchev–Trinajstić information content (AvgIpc) is 2.91. The topological polar surface area (TPSA) is 128 Å². The van der Waals surface area contributed by atoms with Gasteiger partial charge in [-0.15, -0.1) is 0 Å². The molecule has 2 aromatic carbocycles. The van der Waals surface area contributed by atoms with Crippen LogP contribution in [-0.2, 0) is 9.47 Å². The molecule has 0 spiro atoms. The van der Waals surface area contributed by atoms with Crippen molar-refractivity contribution in [2.45, 2.75) is 35.7 Å². The number of fused-ring (bicyclic) bond motifs is 2. The summed E-state index contributed by atoms with van der Waals surface area (Å²) < 4.78 is 10.2. The van der Waals surface area contributed by atoms with Crippen LogP contribution in [0.5, 0.6) is 0 Å². The largest absolute Gasteiger partial charge is 0.383 e. The Balaban J connectivity index is 1.59. The molecule has 0 fully saturated rings. The molecule has 0 bridgehead atoms. The lowest BCUT2D eigenvalue weighted by Crippen LogP contribution is -2.35. The molecular weight excluding hydrogens is 524 g/mol. The first kappa shape index (κ1) is 27.7. The number of aromatic nitrogens is 4. The van der Waals surface area contributed by atoms with E-state index in [1.165, 1.54) is 34.2 Å². The minimum Gasteiger partial charge on any atom is -0.383 e. The second-order valence-electron chi connectivity index (χ2n) is 8.62. The monoisotopic (exact) mass is 552 g/mol. The van der Waals surface area contributed by atoms with Crippen molar-refractivity contribution in [2.24, 2.45) is 0 Å². The molecule has 0 saturated carbocycles. The van der Waals surface area contributed by atoms with E-state index in [1.54, 1.807) is 38.7 Å². The molecular formula is C26H28N6O4S2. The van der Waals surface area contributed by atoms with Gasteiger partial charge >= 0.3 is 0 Å². The zero-order chi connectivity index (χ0) is 27.1. The number of ether oxygens (including phenoxy) is 2. The van der Waals surface area contributed by atoms with Crippen molar-refractivity contribution in [2.75, 3.05) is 27.4 Å². The molecule has 12 heteroatoms. The van der Waals surface area contributed by atoms with E-state index >= 15 is 0 Å². The predicted octanol–water partition coefficient (Wildman–Crippen LogP) is 3.90. The summed E-state index contributed by atoms with van der Waals surface area (Å²) >= 11 is 0. The van der Waals surface area contributed by atoms with Crippen LogP contribution in [0.15, 0.2) is 59.1 Å². The molecule has 4 rings (SSSR count). The maximum absolute atomic E-state index is 12.9. The molecule has 2 unspecified atom stereocenters. The molecule has 10 nitrogen and oxygen atoms in total. The molecule has 0 aliphatic heterocycles. The van der Waals surface area contributed by atoms with Crippen molar-refractivity contribution in [3.8, 4) is 0 Å². The van der Waals surface area contributed by atoms with Crippen LogP contribution in [0.25, 0.3) is 21.8 Å². The van der Waals surface area contributed by atoms with E-state index in [0.717, 1.165) is 9.79 Å². The maximum atomic E-state index is 12.9. The number of carbonyl (C=O) groups excluding carboxylic acids is 2. The Kier molecular flexibility index (Phi) is 9.45. The van der Waals surface area contributed by atoms with Crippen molar-refractivity contribution in [1.82, 2.24) is 30.6 Å². The summed E-state index contributed by atoms with van der Waals surface area (Å²) in [4.78, 5) is 44.7. The smallest absolute Gasteiger partial charge is 0.252 e. The molecule has 0 aliphatic rings. The number of hydrogen-bond acceptors (Lipinski definition) is 10. The standard InChI is InChI=1S/C26H28N6O4S2/c1-15(11-35-3)31-25(33)17-5-7-21(23-19(17)9-27-13-29-23)37-38-22-8-6-18(20-10-28-14-30-24(20)22)26(34)32-16(2)12-36-4/h5-10,13-16H,11-12H2,1-4H3,(H,31,33)(H,32,34). The summed E-state index contributed by atoms with van der Waals surface area (Å²) in [6, 6.07) is 7.02. The number of nitrogens with one attached hydrogen (secondary N) is 2. The van der Waals surface area contributed by atoms with Crippen molar-refractivity contribution < 1.29 is 19.1 Å². The molecule has 2 aromatic heterocycles. The van der Waals surface area contributed by atoms with Gasteiger partial charge in [0.2, 0.25) is 0 Å². The second kappa shape index (κ2) is 13.0. The Hall–Kier alpha value is -3.32. The zero-order valence-corrected chi connectivity index (χ0v) is 23.1. The number of methoxy groups -OCH3 is 2. The van der Waals surface area contributed by atoms with Crippen LogP contribution in [0.2, 0.25) is 0 Å². The van der Waals surface area contributed by atoms with E-state index in [1.807, 2.05) is 26.0 Å².